The summed E-state index contributed by atoms with van der Waals surface area (Å²) in [6.45, 7) is 5.10. The predicted octanol–water partition coefficient (Wildman–Crippen LogP) is 4.85. The number of halogens is 2. The Bertz CT molecular complexity index is 1710. The van der Waals surface area contributed by atoms with E-state index >= 15 is 8.78 Å². The molecule has 0 atom stereocenters. The number of hydrogen-bond acceptors (Lipinski definition) is 11. The lowest BCUT2D eigenvalue weighted by Gasteiger charge is -2.19. The van der Waals surface area contributed by atoms with Crippen LogP contribution in [-0.2, 0) is 22.7 Å². The number of carbonyl (C=O) groups is 1. The lowest BCUT2D eigenvalue weighted by atomic mass is 9.93. The number of hydrogen-bond donors (Lipinski definition) is 3. The van der Waals surface area contributed by atoms with E-state index in [1.54, 1.807) is 20.8 Å². The smallest absolute Gasteiger partial charge is 0.412 e. The van der Waals surface area contributed by atoms with Gasteiger partial charge in [0, 0.05) is 17.5 Å². The molecule has 0 saturated heterocycles. The maximum absolute atomic E-state index is 16.5. The van der Waals surface area contributed by atoms with E-state index in [-0.39, 0.29) is 75.6 Å². The molecule has 1 aromatic carbocycles. The van der Waals surface area contributed by atoms with Gasteiger partial charge in [-0.05, 0) is 31.9 Å². The second-order valence-electron chi connectivity index (χ2n) is 9.78. The number of fused-ring (bicyclic) bond motifs is 4. The first-order valence-corrected chi connectivity index (χ1v) is 12.9. The van der Waals surface area contributed by atoms with Gasteiger partial charge < -0.3 is 24.6 Å². The number of pyridine rings is 1. The molecular formula is C26H24F2N6O5S. The Morgan fingerprint density at radius 1 is 1.25 bits per heavy atom. The van der Waals surface area contributed by atoms with Crippen LogP contribution in [0.3, 0.4) is 0 Å². The van der Waals surface area contributed by atoms with E-state index in [2.05, 4.69) is 25.6 Å². The fourth-order valence-corrected chi connectivity index (χ4v) is 5.54. The highest BCUT2D eigenvalue weighted by Gasteiger charge is 2.32. The van der Waals surface area contributed by atoms with Crippen LogP contribution < -0.4 is 15.4 Å². The van der Waals surface area contributed by atoms with Gasteiger partial charge in [0.15, 0.2) is 11.6 Å². The lowest BCUT2D eigenvalue weighted by molar-refractivity contribution is 0.0636. The molecular weight excluding hydrogens is 546 g/mol. The number of thiophene rings is 1. The van der Waals surface area contributed by atoms with Gasteiger partial charge in [0.25, 0.3) is 0 Å². The van der Waals surface area contributed by atoms with Gasteiger partial charge in [-0.2, -0.15) is 15.2 Å². The van der Waals surface area contributed by atoms with Crippen LogP contribution in [0, 0.1) is 23.0 Å². The molecule has 4 aromatic rings. The Kier molecular flexibility index (Phi) is 7.13. The fraction of sp³-hybridized carbons (Fsp3) is 0.346. The van der Waals surface area contributed by atoms with E-state index < -0.39 is 23.3 Å². The number of rotatable bonds is 6. The van der Waals surface area contributed by atoms with Crippen LogP contribution in [0.4, 0.5) is 24.4 Å². The monoisotopic (exact) mass is 570 g/mol. The molecule has 4 heterocycles. The number of aliphatic hydroxyl groups is 1. The van der Waals surface area contributed by atoms with Crippen LogP contribution in [0.25, 0.3) is 32.2 Å². The average Bonchev–Trinajstić information content (AvgIpc) is 3.52. The number of aliphatic hydroxyl groups excluding tert-OH is 1. The highest BCUT2D eigenvalue weighted by Crippen LogP contribution is 2.46. The number of ether oxygens (including phenoxy) is 3. The minimum atomic E-state index is -0.830. The summed E-state index contributed by atoms with van der Waals surface area (Å²) in [5, 5.41) is 25.3. The molecule has 0 fully saturated rings. The summed E-state index contributed by atoms with van der Waals surface area (Å²) in [6.07, 6.45) is 0.107. The molecule has 0 aliphatic carbocycles. The summed E-state index contributed by atoms with van der Waals surface area (Å²) in [5.74, 6) is -1.30. The largest absolute Gasteiger partial charge is 0.467 e. The van der Waals surface area contributed by atoms with Crippen LogP contribution in [-0.4, -0.2) is 52.0 Å². The van der Waals surface area contributed by atoms with Crippen LogP contribution in [0.1, 0.15) is 37.5 Å². The number of aromatic nitrogens is 3. The SMILES string of the molecule is COc1nc(NCCO)c2c3c(c(-c4ncc(F)c5sc(NC(=O)OC(C)(C)C)c(C#N)c45)c(F)c2n1)COC3. The molecule has 5 rings (SSSR count). The molecule has 1 aliphatic heterocycles. The van der Waals surface area contributed by atoms with Crippen molar-refractivity contribution in [3.63, 3.8) is 0 Å². The molecule has 3 N–H and O–H groups in total. The molecule has 0 spiro atoms. The van der Waals surface area contributed by atoms with E-state index in [0.717, 1.165) is 17.5 Å². The van der Waals surface area contributed by atoms with Gasteiger partial charge in [0.05, 0.1) is 54.5 Å². The molecule has 0 radical (unpaired) electrons. The molecule has 40 heavy (non-hydrogen) atoms. The first-order valence-electron chi connectivity index (χ1n) is 12.1. The van der Waals surface area contributed by atoms with E-state index in [1.165, 1.54) is 7.11 Å². The molecule has 1 amide bonds. The van der Waals surface area contributed by atoms with Crippen molar-refractivity contribution in [2.45, 2.75) is 39.6 Å². The van der Waals surface area contributed by atoms with Crippen LogP contribution >= 0.6 is 11.3 Å². The maximum Gasteiger partial charge on any atom is 0.412 e. The topological polar surface area (TPSA) is 152 Å². The minimum Gasteiger partial charge on any atom is -0.467 e. The van der Waals surface area contributed by atoms with Gasteiger partial charge in [-0.1, -0.05) is 0 Å². The van der Waals surface area contributed by atoms with Crippen molar-refractivity contribution in [3.8, 4) is 23.3 Å². The summed E-state index contributed by atoms with van der Waals surface area (Å²) in [7, 11) is 1.33. The molecule has 1 aliphatic rings. The number of methoxy groups -OCH3 is 1. The van der Waals surface area contributed by atoms with Crippen molar-refractivity contribution in [2.24, 2.45) is 0 Å². The summed E-state index contributed by atoms with van der Waals surface area (Å²) >= 11 is 0.816. The Morgan fingerprint density at radius 3 is 2.67 bits per heavy atom. The van der Waals surface area contributed by atoms with Crippen LogP contribution in [0.2, 0.25) is 0 Å². The summed E-state index contributed by atoms with van der Waals surface area (Å²) < 4.78 is 47.7. The van der Waals surface area contributed by atoms with Gasteiger partial charge in [-0.25, -0.2) is 13.6 Å². The third-order valence-electron chi connectivity index (χ3n) is 6.00. The zero-order valence-electron chi connectivity index (χ0n) is 21.9. The first kappa shape index (κ1) is 27.4. The fourth-order valence-electron chi connectivity index (χ4n) is 4.50. The predicted molar refractivity (Wildman–Crippen MR) is 143 cm³/mol. The Labute approximate surface area is 230 Å². The molecule has 0 unspecified atom stereocenters. The van der Waals surface area contributed by atoms with Crippen molar-refractivity contribution in [2.75, 3.05) is 30.9 Å². The van der Waals surface area contributed by atoms with E-state index in [4.69, 9.17) is 14.2 Å². The van der Waals surface area contributed by atoms with Crippen molar-refractivity contribution in [1.82, 2.24) is 15.0 Å². The zero-order valence-corrected chi connectivity index (χ0v) is 22.8. The second kappa shape index (κ2) is 10.4. The molecule has 11 nitrogen and oxygen atoms in total. The number of amides is 1. The van der Waals surface area contributed by atoms with E-state index in [9.17, 15) is 15.2 Å². The van der Waals surface area contributed by atoms with Crippen LogP contribution in [0.15, 0.2) is 6.20 Å². The zero-order chi connectivity index (χ0) is 28.8. The van der Waals surface area contributed by atoms with Crippen molar-refractivity contribution < 1.29 is 32.9 Å². The Balaban J connectivity index is 1.79. The third-order valence-corrected chi connectivity index (χ3v) is 7.11. The average molecular weight is 571 g/mol. The number of benzene rings is 1. The molecule has 3 aromatic heterocycles. The lowest BCUT2D eigenvalue weighted by Crippen LogP contribution is -2.27. The quantitative estimate of drug-likeness (QED) is 0.293. The number of anilines is 2. The number of nitrogens with one attached hydrogen (secondary N) is 2. The summed E-state index contributed by atoms with van der Waals surface area (Å²) in [6, 6.07) is 1.88. The van der Waals surface area contributed by atoms with Crippen molar-refractivity contribution >= 4 is 49.2 Å². The van der Waals surface area contributed by atoms with Gasteiger partial charge in [0.1, 0.15) is 28.0 Å². The summed E-state index contributed by atoms with van der Waals surface area (Å²) in [5.41, 5.74) is -0.0227. The minimum absolute atomic E-state index is 0.00494. The van der Waals surface area contributed by atoms with Gasteiger partial charge >= 0.3 is 12.1 Å². The number of nitrogens with zero attached hydrogens (tertiary/aromatic N) is 4. The normalized spacial score (nSPS) is 12.8. The highest BCUT2D eigenvalue weighted by molar-refractivity contribution is 7.23. The standard InChI is InChI=1S/C26H24F2N6O5S/c1-26(2,3)39-25(36)34-23-11(7-29)16-19(31-8-14(27)21(16)40-23)15-12-9-38-10-13(12)17-20(18(15)28)32-24(37-4)33-22(17)30-5-6-35/h8,35H,5-6,9-10H2,1-4H3,(H,34,36)(H,30,32,33). The maximum atomic E-state index is 16.5. The Morgan fingerprint density at radius 2 is 2.00 bits per heavy atom. The van der Waals surface area contributed by atoms with Crippen molar-refractivity contribution in [3.05, 3.63) is 34.5 Å². The van der Waals surface area contributed by atoms with Gasteiger partial charge in [0.2, 0.25) is 0 Å². The molecule has 208 valence electrons. The third kappa shape index (κ3) is 4.72. The number of carbonyl (C=O) groups excluding carboxylic acids is 1. The summed E-state index contributed by atoms with van der Waals surface area (Å²) in [4.78, 5) is 25.2. The molecule has 0 saturated carbocycles. The van der Waals surface area contributed by atoms with E-state index in [1.807, 2.05) is 6.07 Å². The highest BCUT2D eigenvalue weighted by atomic mass is 32.1. The van der Waals surface area contributed by atoms with E-state index in [0.29, 0.717) is 16.5 Å². The molecule has 0 bridgehead atoms. The number of nitriles is 1. The van der Waals surface area contributed by atoms with Crippen LogP contribution in [0.5, 0.6) is 6.01 Å². The molecule has 14 heteroatoms. The van der Waals surface area contributed by atoms with Gasteiger partial charge in [-0.3, -0.25) is 10.3 Å². The van der Waals surface area contributed by atoms with Gasteiger partial charge in [-0.15, -0.1) is 11.3 Å². The Hall–Kier alpha value is -4.19. The van der Waals surface area contributed by atoms with Crippen molar-refractivity contribution in [1.29, 1.82) is 5.26 Å². The first-order chi connectivity index (χ1) is 19.1. The second-order valence-corrected chi connectivity index (χ2v) is 10.8.